The molecular weight excluding hydrogens is 975 g/mol. The third kappa shape index (κ3) is 15.2. The van der Waals surface area contributed by atoms with E-state index in [0.717, 1.165) is 22.3 Å². The molecule has 0 bridgehead atoms. The lowest BCUT2D eigenvalue weighted by atomic mass is 10.0. The number of benzene rings is 4. The van der Waals surface area contributed by atoms with Gasteiger partial charge in [0.05, 0.1) is 16.7 Å². The van der Waals surface area contributed by atoms with Gasteiger partial charge in [-0.1, -0.05) is 103 Å². The first kappa shape index (κ1) is 54.5. The summed E-state index contributed by atoms with van der Waals surface area (Å²) in [7, 11) is 4.66. The number of carbonyl (C=O) groups is 4. The van der Waals surface area contributed by atoms with E-state index in [2.05, 4.69) is 16.0 Å². The second kappa shape index (κ2) is 26.6. The van der Waals surface area contributed by atoms with Crippen molar-refractivity contribution in [2.45, 2.75) is 32.3 Å². The predicted octanol–water partition coefficient (Wildman–Crippen LogP) is 4.49. The van der Waals surface area contributed by atoms with Gasteiger partial charge < -0.3 is 53.7 Å². The zero-order valence-corrected chi connectivity index (χ0v) is 42.3. The number of rotatable bonds is 26. The number of carbonyl (C=O) groups excluding carboxylic acids is 3. The van der Waals surface area contributed by atoms with E-state index in [-0.39, 0.29) is 92.9 Å². The molecule has 0 spiro atoms. The Morgan fingerprint density at radius 3 is 1.26 bits per heavy atom. The molecule has 0 aliphatic carbocycles. The molecule has 3 aromatic heterocycles. The van der Waals surface area contributed by atoms with E-state index in [4.69, 9.17) is 24.1 Å². The van der Waals surface area contributed by atoms with E-state index in [9.17, 15) is 33.6 Å². The third-order valence-electron chi connectivity index (χ3n) is 12.1. The fourth-order valence-electron chi connectivity index (χ4n) is 7.99. The summed E-state index contributed by atoms with van der Waals surface area (Å²) in [6.45, 7) is 0.00507. The van der Waals surface area contributed by atoms with Crippen LogP contribution in [0.1, 0.15) is 53.3 Å². The van der Waals surface area contributed by atoms with Crippen LogP contribution in [0.15, 0.2) is 166 Å². The van der Waals surface area contributed by atoms with Crippen molar-refractivity contribution in [1.29, 1.82) is 0 Å². The van der Waals surface area contributed by atoms with E-state index in [1.165, 1.54) is 50.5 Å². The fourth-order valence-corrected chi connectivity index (χ4v) is 7.99. The standard InChI is InChI=1S/C57H59N7O12/c1-61-28-23-45(49(55(61)70)74-35-40-13-7-4-8-14-40)52(67)58-26-31-64(32-27-59-53(68)46-24-29-62(2)56(71)50(46)75-36-41-15-9-5-10-16-41)34-43(33-39-19-21-44(22-20-39)73-38-48(65)66)60-54(69)47-25-30-63(3)57(72)51(47)76-37-42-17-11-6-12-18-42/h4-25,28-30,43H,26-27,31-38H2,1-3H3,(H,58,67)(H,59,68)(H,60,69)(H,65,66). The summed E-state index contributed by atoms with van der Waals surface area (Å²) in [4.78, 5) is 95.6. The summed E-state index contributed by atoms with van der Waals surface area (Å²) in [6, 6.07) is 38.1. The van der Waals surface area contributed by atoms with E-state index < -0.39 is 53.0 Å². The van der Waals surface area contributed by atoms with Crippen LogP contribution in [-0.4, -0.2) is 92.8 Å². The first-order valence-electron chi connectivity index (χ1n) is 24.4. The zero-order chi connectivity index (χ0) is 54.0. The molecule has 3 heterocycles. The number of nitrogens with one attached hydrogen (secondary N) is 3. The molecule has 4 aromatic carbocycles. The smallest absolute Gasteiger partial charge is 0.341 e. The van der Waals surface area contributed by atoms with Crippen LogP contribution >= 0.6 is 0 Å². The van der Waals surface area contributed by atoms with Crippen molar-refractivity contribution in [3.05, 3.63) is 222 Å². The lowest BCUT2D eigenvalue weighted by Crippen LogP contribution is -2.49. The number of aryl methyl sites for hydroxylation is 3. The first-order valence-corrected chi connectivity index (χ1v) is 24.4. The van der Waals surface area contributed by atoms with Gasteiger partial charge in [0.1, 0.15) is 25.6 Å². The molecule has 0 saturated heterocycles. The maximum absolute atomic E-state index is 14.5. The molecule has 0 saturated carbocycles. The average Bonchev–Trinajstić information content (AvgIpc) is 3.42. The Bertz CT molecular complexity index is 3170. The molecule has 76 heavy (non-hydrogen) atoms. The molecule has 7 aromatic rings. The molecule has 1 unspecified atom stereocenters. The molecule has 4 N–H and O–H groups in total. The summed E-state index contributed by atoms with van der Waals surface area (Å²) >= 11 is 0. The Morgan fingerprint density at radius 2 is 0.882 bits per heavy atom. The van der Waals surface area contributed by atoms with Gasteiger partial charge in [0.2, 0.25) is 0 Å². The van der Waals surface area contributed by atoms with Gasteiger partial charge in [-0.2, -0.15) is 0 Å². The molecule has 19 nitrogen and oxygen atoms in total. The van der Waals surface area contributed by atoms with Crippen LogP contribution in [0.2, 0.25) is 0 Å². The Morgan fingerprint density at radius 1 is 0.500 bits per heavy atom. The van der Waals surface area contributed by atoms with Crippen molar-refractivity contribution in [1.82, 2.24) is 34.6 Å². The molecule has 3 amide bonds. The number of nitrogens with zero attached hydrogens (tertiary/aromatic N) is 4. The quantitative estimate of drug-likeness (QED) is 0.0587. The number of carboxylic acids is 1. The highest BCUT2D eigenvalue weighted by molar-refractivity contribution is 5.98. The number of amides is 3. The van der Waals surface area contributed by atoms with Crippen molar-refractivity contribution in [2.24, 2.45) is 21.1 Å². The molecule has 0 radical (unpaired) electrons. The van der Waals surface area contributed by atoms with Gasteiger partial charge in [0.25, 0.3) is 34.4 Å². The molecule has 1 atom stereocenters. The van der Waals surface area contributed by atoms with Crippen molar-refractivity contribution in [2.75, 3.05) is 39.3 Å². The van der Waals surface area contributed by atoms with E-state index in [0.29, 0.717) is 5.75 Å². The van der Waals surface area contributed by atoms with Crippen molar-refractivity contribution < 1.29 is 43.2 Å². The van der Waals surface area contributed by atoms with Crippen LogP contribution in [0.4, 0.5) is 0 Å². The zero-order valence-electron chi connectivity index (χ0n) is 42.3. The van der Waals surface area contributed by atoms with Gasteiger partial charge in [-0.3, -0.25) is 33.7 Å². The summed E-state index contributed by atoms with van der Waals surface area (Å²) in [5, 5.41) is 18.1. The molecule has 0 fully saturated rings. The number of aromatic nitrogens is 3. The topological polar surface area (TPSA) is 231 Å². The first-order chi connectivity index (χ1) is 36.7. The van der Waals surface area contributed by atoms with Gasteiger partial charge in [0, 0.05) is 78.5 Å². The molecule has 0 aliphatic heterocycles. The largest absolute Gasteiger partial charge is 0.482 e. The molecule has 394 valence electrons. The van der Waals surface area contributed by atoms with E-state index in [1.807, 2.05) is 95.9 Å². The van der Waals surface area contributed by atoms with Crippen LogP contribution in [0.3, 0.4) is 0 Å². The SMILES string of the molecule is Cn1ccc(C(=O)NCCN(CCNC(=O)c2ccn(C)c(=O)c2OCc2ccccc2)CC(Cc2ccc(OCC(=O)O)cc2)NC(=O)c2ccn(C)c(=O)c2OCc2ccccc2)c(OCc2ccccc2)c1=O. The van der Waals surface area contributed by atoms with Crippen LogP contribution in [0.5, 0.6) is 23.0 Å². The molecule has 0 aliphatic rings. The molecular formula is C57H59N7O12. The Hall–Kier alpha value is -9.23. The Labute approximate surface area is 437 Å². The van der Waals surface area contributed by atoms with Gasteiger partial charge >= 0.3 is 5.97 Å². The second-order valence-corrected chi connectivity index (χ2v) is 17.8. The Balaban J connectivity index is 1.15. The fraction of sp³-hybridized carbons (Fsp3) is 0.246. The minimum atomic E-state index is -1.14. The summed E-state index contributed by atoms with van der Waals surface area (Å²) < 4.78 is 27.2. The van der Waals surface area contributed by atoms with Crippen molar-refractivity contribution in [3.63, 3.8) is 0 Å². The average molecular weight is 1030 g/mol. The van der Waals surface area contributed by atoms with Gasteiger partial charge in [0.15, 0.2) is 23.9 Å². The third-order valence-corrected chi connectivity index (χ3v) is 12.1. The maximum Gasteiger partial charge on any atom is 0.341 e. The normalized spacial score (nSPS) is 11.3. The minimum Gasteiger partial charge on any atom is -0.482 e. The van der Waals surface area contributed by atoms with Gasteiger partial charge in [-0.15, -0.1) is 0 Å². The second-order valence-electron chi connectivity index (χ2n) is 17.8. The Kier molecular flexibility index (Phi) is 19.1. The molecule has 19 heteroatoms. The van der Waals surface area contributed by atoms with Crippen LogP contribution in [-0.2, 0) is 52.2 Å². The highest BCUT2D eigenvalue weighted by Crippen LogP contribution is 2.20. The minimum absolute atomic E-state index is 0.00823. The summed E-state index contributed by atoms with van der Waals surface area (Å²) in [6.07, 6.45) is 4.62. The van der Waals surface area contributed by atoms with Gasteiger partial charge in [-0.05, 0) is 59.0 Å². The lowest BCUT2D eigenvalue weighted by molar-refractivity contribution is -0.139. The van der Waals surface area contributed by atoms with Gasteiger partial charge in [-0.25, -0.2) is 4.79 Å². The summed E-state index contributed by atoms with van der Waals surface area (Å²) in [5.74, 6) is -3.00. The number of pyridine rings is 3. The van der Waals surface area contributed by atoms with Crippen LogP contribution in [0.25, 0.3) is 0 Å². The van der Waals surface area contributed by atoms with E-state index in [1.54, 1.807) is 45.4 Å². The summed E-state index contributed by atoms with van der Waals surface area (Å²) in [5.41, 5.74) is 1.60. The van der Waals surface area contributed by atoms with Crippen molar-refractivity contribution >= 4 is 23.7 Å². The monoisotopic (exact) mass is 1030 g/mol. The number of carboxylic acid groups (broad SMARTS) is 1. The number of hydrogen-bond acceptors (Lipinski definition) is 12. The number of hydrogen-bond donors (Lipinski definition) is 4. The highest BCUT2D eigenvalue weighted by atomic mass is 16.5. The predicted molar refractivity (Wildman–Crippen MR) is 283 cm³/mol. The van der Waals surface area contributed by atoms with Crippen LogP contribution in [0, 0.1) is 0 Å². The lowest BCUT2D eigenvalue weighted by Gasteiger charge is -2.29. The highest BCUT2D eigenvalue weighted by Gasteiger charge is 2.25. The van der Waals surface area contributed by atoms with Crippen LogP contribution < -0.4 is 51.6 Å². The van der Waals surface area contributed by atoms with E-state index >= 15 is 0 Å². The maximum atomic E-state index is 14.5. The number of aliphatic carboxylic acids is 1. The van der Waals surface area contributed by atoms with Crippen molar-refractivity contribution in [3.8, 4) is 23.0 Å². The number of ether oxygens (including phenoxy) is 4. The molecule has 7 rings (SSSR count).